The molecule has 0 bridgehead atoms. The van der Waals surface area contributed by atoms with Gasteiger partial charge in [0, 0.05) is 6.42 Å². The molecule has 12 heteroatoms. The number of carbonyl (C=O) groups is 5. The van der Waals surface area contributed by atoms with E-state index >= 15 is 0 Å². The first-order valence-electron chi connectivity index (χ1n) is 13.4. The van der Waals surface area contributed by atoms with Crippen molar-refractivity contribution >= 4 is 29.8 Å². The number of hydrazine groups is 1. The Morgan fingerprint density at radius 3 is 2.02 bits per heavy atom. The van der Waals surface area contributed by atoms with E-state index in [0.717, 1.165) is 11.1 Å². The van der Waals surface area contributed by atoms with E-state index < -0.39 is 54.1 Å². The highest BCUT2D eigenvalue weighted by Gasteiger charge is 2.51. The Labute approximate surface area is 238 Å². The molecule has 0 aliphatic carbocycles. The molecule has 41 heavy (non-hydrogen) atoms. The van der Waals surface area contributed by atoms with Crippen molar-refractivity contribution in [1.29, 1.82) is 0 Å². The van der Waals surface area contributed by atoms with Crippen LogP contribution in [0.5, 0.6) is 0 Å². The largest absolute Gasteiger partial charge is 0.464 e. The third kappa shape index (κ3) is 10.2. The predicted octanol–water partition coefficient (Wildman–Crippen LogP) is 1.53. The van der Waals surface area contributed by atoms with Crippen LogP contribution in [0.1, 0.15) is 38.3 Å². The van der Waals surface area contributed by atoms with Crippen molar-refractivity contribution in [2.24, 2.45) is 5.92 Å². The second kappa shape index (κ2) is 15.4. The summed E-state index contributed by atoms with van der Waals surface area (Å²) in [5.41, 5.74) is 6.07. The van der Waals surface area contributed by atoms with Gasteiger partial charge in [-0.3, -0.25) is 25.2 Å². The third-order valence-electron chi connectivity index (χ3n) is 6.02. The van der Waals surface area contributed by atoms with Crippen LogP contribution in [-0.4, -0.2) is 60.7 Å². The van der Waals surface area contributed by atoms with Crippen LogP contribution < -0.4 is 21.5 Å². The Kier molecular flexibility index (Phi) is 11.6. The average molecular weight is 569 g/mol. The van der Waals surface area contributed by atoms with Gasteiger partial charge in [-0.2, -0.15) is 0 Å². The summed E-state index contributed by atoms with van der Waals surface area (Å²) in [6.07, 6.45) is -2.50. The smallest absolute Gasteiger partial charge is 0.408 e. The van der Waals surface area contributed by atoms with Crippen LogP contribution >= 0.6 is 0 Å². The highest BCUT2D eigenvalue weighted by Crippen LogP contribution is 2.23. The highest BCUT2D eigenvalue weighted by atomic mass is 16.6. The van der Waals surface area contributed by atoms with Gasteiger partial charge in [-0.1, -0.05) is 74.5 Å². The number of rotatable bonds is 13. The van der Waals surface area contributed by atoms with Gasteiger partial charge in [0.1, 0.15) is 18.7 Å². The van der Waals surface area contributed by atoms with Crippen molar-refractivity contribution in [3.63, 3.8) is 0 Å². The van der Waals surface area contributed by atoms with Crippen molar-refractivity contribution in [3.05, 3.63) is 71.8 Å². The number of nitrogens with one attached hydrogen (secondary N) is 4. The van der Waals surface area contributed by atoms with Crippen LogP contribution in [0.15, 0.2) is 60.7 Å². The molecule has 1 aliphatic heterocycles. The highest BCUT2D eigenvalue weighted by molar-refractivity contribution is 5.95. The zero-order chi connectivity index (χ0) is 29.8. The molecule has 0 aromatic heterocycles. The number of ether oxygens (including phenoxy) is 3. The number of amides is 4. The first kappa shape index (κ1) is 31.1. The second-order valence-electron chi connectivity index (χ2n) is 9.85. The Hall–Kier alpha value is -4.45. The second-order valence-corrected chi connectivity index (χ2v) is 9.85. The van der Waals surface area contributed by atoms with Crippen molar-refractivity contribution in [2.45, 2.75) is 64.5 Å². The number of carbonyl (C=O) groups excluding carboxylic acids is 5. The number of esters is 1. The SMILES string of the molecule is CCOC(=O)C1OC1C(=O)NNC(=O)[C@H](CC(C)C)NC(=O)[C@H](Cc1ccccc1)NC(=O)OCc1ccccc1. The monoisotopic (exact) mass is 568 g/mol. The maximum atomic E-state index is 13.4. The minimum atomic E-state index is -1.08. The number of alkyl carbamates (subject to hydrolysis) is 1. The van der Waals surface area contributed by atoms with Crippen molar-refractivity contribution in [3.8, 4) is 0 Å². The summed E-state index contributed by atoms with van der Waals surface area (Å²) in [5.74, 6) is -2.68. The minimum absolute atomic E-state index is 0.00178. The summed E-state index contributed by atoms with van der Waals surface area (Å²) in [7, 11) is 0. The van der Waals surface area contributed by atoms with E-state index in [4.69, 9.17) is 14.2 Å². The van der Waals surface area contributed by atoms with Crippen LogP contribution in [0.2, 0.25) is 0 Å². The maximum absolute atomic E-state index is 13.4. The normalized spacial score (nSPS) is 17.0. The molecule has 4 amide bonds. The summed E-state index contributed by atoms with van der Waals surface area (Å²) in [6, 6.07) is 16.1. The molecular formula is C29H36N4O8. The fraction of sp³-hybridized carbons (Fsp3) is 0.414. The molecule has 2 aromatic carbocycles. The number of hydrogen-bond acceptors (Lipinski definition) is 8. The summed E-state index contributed by atoms with van der Waals surface area (Å²) in [4.78, 5) is 62.9. The number of hydrogen-bond donors (Lipinski definition) is 4. The summed E-state index contributed by atoms with van der Waals surface area (Å²) in [6.45, 7) is 5.53. The Bertz CT molecular complexity index is 1190. The maximum Gasteiger partial charge on any atom is 0.408 e. The summed E-state index contributed by atoms with van der Waals surface area (Å²) >= 11 is 0. The zero-order valence-electron chi connectivity index (χ0n) is 23.3. The van der Waals surface area contributed by atoms with Crippen molar-refractivity contribution in [2.75, 3.05) is 6.61 Å². The molecule has 220 valence electrons. The quantitative estimate of drug-likeness (QED) is 0.161. The van der Waals surface area contributed by atoms with Crippen LogP contribution in [0, 0.1) is 5.92 Å². The van der Waals surface area contributed by atoms with Gasteiger partial charge >= 0.3 is 12.1 Å². The van der Waals surface area contributed by atoms with Crippen LogP contribution in [0.3, 0.4) is 0 Å². The lowest BCUT2D eigenvalue weighted by Crippen LogP contribution is -2.57. The summed E-state index contributed by atoms with van der Waals surface area (Å²) in [5, 5.41) is 5.28. The number of epoxide rings is 1. The van der Waals surface area contributed by atoms with Gasteiger partial charge in [0.05, 0.1) is 6.61 Å². The van der Waals surface area contributed by atoms with Gasteiger partial charge in [0.2, 0.25) is 5.91 Å². The molecule has 4 N–H and O–H groups in total. The van der Waals surface area contributed by atoms with Gasteiger partial charge < -0.3 is 24.8 Å². The standard InChI is InChI=1S/C29H36N4O8/c1-4-39-28(37)24-23(41-24)27(36)33-32-26(35)21(15-18(2)3)30-25(34)22(16-19-11-7-5-8-12-19)31-29(38)40-17-20-13-9-6-10-14-20/h5-14,18,21-24H,4,15-17H2,1-3H3,(H,30,34)(H,31,38)(H,32,35)(H,33,36)/t21-,22-,23?,24?/m0/s1. The zero-order valence-corrected chi connectivity index (χ0v) is 23.3. The first-order valence-corrected chi connectivity index (χ1v) is 13.4. The van der Waals surface area contributed by atoms with E-state index in [2.05, 4.69) is 21.5 Å². The molecule has 1 fully saturated rings. The van der Waals surface area contributed by atoms with Gasteiger partial charge in [-0.15, -0.1) is 0 Å². The van der Waals surface area contributed by atoms with Crippen molar-refractivity contribution in [1.82, 2.24) is 21.5 Å². The molecule has 1 saturated heterocycles. The fourth-order valence-electron chi connectivity index (χ4n) is 3.94. The fourth-order valence-corrected chi connectivity index (χ4v) is 3.94. The van der Waals surface area contributed by atoms with Crippen LogP contribution in [0.25, 0.3) is 0 Å². The van der Waals surface area contributed by atoms with E-state index in [1.165, 1.54) is 0 Å². The Morgan fingerprint density at radius 2 is 1.41 bits per heavy atom. The Balaban J connectivity index is 1.61. The molecule has 3 rings (SSSR count). The van der Waals surface area contributed by atoms with E-state index in [9.17, 15) is 24.0 Å². The average Bonchev–Trinajstić information content (AvgIpc) is 3.76. The lowest BCUT2D eigenvalue weighted by atomic mass is 10.0. The van der Waals surface area contributed by atoms with Gasteiger partial charge in [-0.05, 0) is 30.4 Å². The molecule has 1 heterocycles. The molecular weight excluding hydrogens is 532 g/mol. The Morgan fingerprint density at radius 1 is 0.780 bits per heavy atom. The lowest BCUT2D eigenvalue weighted by molar-refractivity contribution is -0.144. The van der Waals surface area contributed by atoms with Gasteiger partial charge in [-0.25, -0.2) is 9.59 Å². The minimum Gasteiger partial charge on any atom is -0.464 e. The van der Waals surface area contributed by atoms with Gasteiger partial charge in [0.25, 0.3) is 11.8 Å². The van der Waals surface area contributed by atoms with Crippen LogP contribution in [0.4, 0.5) is 4.79 Å². The molecule has 0 radical (unpaired) electrons. The first-order chi connectivity index (χ1) is 19.7. The van der Waals surface area contributed by atoms with E-state index in [-0.39, 0.29) is 32.0 Å². The molecule has 12 nitrogen and oxygen atoms in total. The summed E-state index contributed by atoms with van der Waals surface area (Å²) < 4.78 is 15.1. The van der Waals surface area contributed by atoms with E-state index in [0.29, 0.717) is 0 Å². The van der Waals surface area contributed by atoms with Crippen molar-refractivity contribution < 1.29 is 38.2 Å². The van der Waals surface area contributed by atoms with Crippen LogP contribution in [-0.2, 0) is 46.4 Å². The molecule has 2 aromatic rings. The molecule has 2 unspecified atom stereocenters. The topological polar surface area (TPSA) is 164 Å². The third-order valence-corrected chi connectivity index (χ3v) is 6.02. The number of benzene rings is 2. The van der Waals surface area contributed by atoms with E-state index in [1.54, 1.807) is 6.92 Å². The molecule has 0 spiro atoms. The molecule has 4 atom stereocenters. The molecule has 1 aliphatic rings. The van der Waals surface area contributed by atoms with Gasteiger partial charge in [0.15, 0.2) is 12.2 Å². The lowest BCUT2D eigenvalue weighted by Gasteiger charge is -2.24. The van der Waals surface area contributed by atoms with E-state index in [1.807, 2.05) is 74.5 Å². The predicted molar refractivity (Wildman–Crippen MR) is 147 cm³/mol. The molecule has 0 saturated carbocycles.